The fraction of sp³-hybridized carbons (Fsp3) is 0.462. The van der Waals surface area contributed by atoms with Crippen LogP contribution in [0.15, 0.2) is 18.2 Å². The number of nitrogens with two attached hydrogens (primary N) is 1. The van der Waals surface area contributed by atoms with Gasteiger partial charge in [-0.25, -0.2) is 8.42 Å². The number of phenolic OH excluding ortho intramolecular Hbond substituents is 2. The number of aromatic hydroxyl groups is 2. The van der Waals surface area contributed by atoms with Gasteiger partial charge in [0.2, 0.25) is 5.91 Å². The van der Waals surface area contributed by atoms with Crippen LogP contribution in [0, 0.1) is 0 Å². The van der Waals surface area contributed by atoms with Gasteiger partial charge in [0.15, 0.2) is 21.3 Å². The molecule has 0 aliphatic rings. The van der Waals surface area contributed by atoms with Gasteiger partial charge in [-0.2, -0.15) is 0 Å². The number of benzene rings is 1. The smallest absolute Gasteiger partial charge is 0.237 e. The third kappa shape index (κ3) is 5.60. The van der Waals surface area contributed by atoms with Gasteiger partial charge in [-0.3, -0.25) is 4.79 Å². The monoisotopic (exact) mass is 316 g/mol. The summed E-state index contributed by atoms with van der Waals surface area (Å²) in [6.45, 7) is 1.56. The molecule has 0 saturated carbocycles. The SMILES string of the molecule is CCS(=O)(=O)CCNC(=O)[C@@H](N)Cc1ccc(O)c(O)c1. The first-order valence-electron chi connectivity index (χ1n) is 6.49. The van der Waals surface area contributed by atoms with Crippen LogP contribution in [0.25, 0.3) is 0 Å². The molecule has 7 nitrogen and oxygen atoms in total. The number of phenols is 2. The Labute approximate surface area is 123 Å². The highest BCUT2D eigenvalue weighted by molar-refractivity contribution is 7.91. The van der Waals surface area contributed by atoms with Crippen LogP contribution in [0.1, 0.15) is 12.5 Å². The molecule has 1 rings (SSSR count). The number of amides is 1. The molecule has 118 valence electrons. The van der Waals surface area contributed by atoms with E-state index in [9.17, 15) is 23.4 Å². The Morgan fingerprint density at radius 1 is 1.33 bits per heavy atom. The minimum absolute atomic E-state index is 0.0174. The van der Waals surface area contributed by atoms with Crippen LogP contribution in [0.3, 0.4) is 0 Å². The summed E-state index contributed by atoms with van der Waals surface area (Å²) in [5, 5.41) is 21.0. The summed E-state index contributed by atoms with van der Waals surface area (Å²) in [6.07, 6.45) is 0.167. The van der Waals surface area contributed by atoms with E-state index in [1.807, 2.05) is 0 Å². The first kappa shape index (κ1) is 17.3. The third-order valence-electron chi connectivity index (χ3n) is 2.98. The summed E-state index contributed by atoms with van der Waals surface area (Å²) in [6, 6.07) is 3.31. The second-order valence-electron chi connectivity index (χ2n) is 4.66. The zero-order valence-corrected chi connectivity index (χ0v) is 12.6. The van der Waals surface area contributed by atoms with Gasteiger partial charge in [-0.1, -0.05) is 13.0 Å². The molecule has 0 fully saturated rings. The van der Waals surface area contributed by atoms with Crippen molar-refractivity contribution in [1.29, 1.82) is 0 Å². The maximum atomic E-state index is 11.7. The average Bonchev–Trinajstić information content (AvgIpc) is 2.42. The van der Waals surface area contributed by atoms with Crippen molar-refractivity contribution in [3.63, 3.8) is 0 Å². The molecule has 0 unspecified atom stereocenters. The molecule has 0 radical (unpaired) electrons. The van der Waals surface area contributed by atoms with Crippen molar-refractivity contribution in [3.05, 3.63) is 23.8 Å². The number of carbonyl (C=O) groups is 1. The molecule has 21 heavy (non-hydrogen) atoms. The van der Waals surface area contributed by atoms with Crippen molar-refractivity contribution in [1.82, 2.24) is 5.32 Å². The minimum Gasteiger partial charge on any atom is -0.504 e. The number of carbonyl (C=O) groups excluding carboxylic acids is 1. The minimum atomic E-state index is -3.13. The molecule has 0 aromatic heterocycles. The van der Waals surface area contributed by atoms with Crippen LogP contribution in [0.5, 0.6) is 11.5 Å². The predicted octanol–water partition coefficient (Wildman–Crippen LogP) is -0.481. The molecule has 0 saturated heterocycles. The standard InChI is InChI=1S/C13H20N2O5S/c1-2-21(19,20)6-5-15-13(18)10(14)7-9-3-4-11(16)12(17)8-9/h3-4,8,10,16-17H,2,5-7,14H2,1H3,(H,15,18)/t10-/m0/s1. The summed E-state index contributed by atoms with van der Waals surface area (Å²) in [4.78, 5) is 11.7. The van der Waals surface area contributed by atoms with Gasteiger partial charge in [0.1, 0.15) is 0 Å². The van der Waals surface area contributed by atoms with Crippen LogP contribution in [-0.4, -0.2) is 48.6 Å². The molecule has 1 aromatic carbocycles. The molecule has 0 spiro atoms. The van der Waals surface area contributed by atoms with E-state index in [1.165, 1.54) is 12.1 Å². The first-order valence-corrected chi connectivity index (χ1v) is 8.32. The van der Waals surface area contributed by atoms with Crippen molar-refractivity contribution in [2.75, 3.05) is 18.1 Å². The Hall–Kier alpha value is -1.80. The Balaban J connectivity index is 2.49. The van der Waals surface area contributed by atoms with Crippen LogP contribution in [0.2, 0.25) is 0 Å². The molecule has 5 N–H and O–H groups in total. The van der Waals surface area contributed by atoms with Crippen molar-refractivity contribution < 1.29 is 23.4 Å². The lowest BCUT2D eigenvalue weighted by molar-refractivity contribution is -0.122. The Morgan fingerprint density at radius 3 is 2.57 bits per heavy atom. The van der Waals surface area contributed by atoms with Gasteiger partial charge in [-0.15, -0.1) is 0 Å². The topological polar surface area (TPSA) is 130 Å². The van der Waals surface area contributed by atoms with E-state index < -0.39 is 21.8 Å². The fourth-order valence-electron chi connectivity index (χ4n) is 1.65. The van der Waals surface area contributed by atoms with Crippen molar-refractivity contribution in [3.8, 4) is 11.5 Å². The van der Waals surface area contributed by atoms with Gasteiger partial charge in [0, 0.05) is 12.3 Å². The van der Waals surface area contributed by atoms with Gasteiger partial charge in [0.05, 0.1) is 11.8 Å². The highest BCUT2D eigenvalue weighted by atomic mass is 32.2. The third-order valence-corrected chi connectivity index (χ3v) is 4.69. The van der Waals surface area contributed by atoms with E-state index in [2.05, 4.69) is 5.32 Å². The van der Waals surface area contributed by atoms with E-state index >= 15 is 0 Å². The van der Waals surface area contributed by atoms with Crippen LogP contribution in [0.4, 0.5) is 0 Å². The highest BCUT2D eigenvalue weighted by Gasteiger charge is 2.15. The highest BCUT2D eigenvalue weighted by Crippen LogP contribution is 2.25. The largest absolute Gasteiger partial charge is 0.504 e. The van der Waals surface area contributed by atoms with Gasteiger partial charge >= 0.3 is 0 Å². The van der Waals surface area contributed by atoms with E-state index in [-0.39, 0.29) is 36.0 Å². The molecule has 8 heteroatoms. The Bertz CT molecular complexity index is 601. The van der Waals surface area contributed by atoms with Crippen molar-refractivity contribution in [2.45, 2.75) is 19.4 Å². The van der Waals surface area contributed by atoms with Crippen molar-refractivity contribution >= 4 is 15.7 Å². The normalized spacial score (nSPS) is 12.9. The summed E-state index contributed by atoms with van der Waals surface area (Å²) in [5.74, 6) is -1.09. The number of nitrogens with one attached hydrogen (secondary N) is 1. The molecule has 0 aliphatic carbocycles. The molecule has 0 heterocycles. The maximum Gasteiger partial charge on any atom is 0.237 e. The summed E-state index contributed by atoms with van der Waals surface area (Å²) in [5.41, 5.74) is 6.31. The number of hydrogen-bond donors (Lipinski definition) is 4. The predicted molar refractivity (Wildman–Crippen MR) is 78.8 cm³/mol. The van der Waals surface area contributed by atoms with Crippen LogP contribution >= 0.6 is 0 Å². The van der Waals surface area contributed by atoms with Crippen LogP contribution < -0.4 is 11.1 Å². The zero-order valence-electron chi connectivity index (χ0n) is 11.7. The Morgan fingerprint density at radius 2 is 2.00 bits per heavy atom. The lowest BCUT2D eigenvalue weighted by atomic mass is 10.1. The molecule has 1 atom stereocenters. The molecule has 1 amide bonds. The number of hydrogen-bond acceptors (Lipinski definition) is 6. The summed E-state index contributed by atoms with van der Waals surface area (Å²) in [7, 11) is -3.13. The lowest BCUT2D eigenvalue weighted by Gasteiger charge is -2.12. The summed E-state index contributed by atoms with van der Waals surface area (Å²) < 4.78 is 22.6. The summed E-state index contributed by atoms with van der Waals surface area (Å²) >= 11 is 0. The lowest BCUT2D eigenvalue weighted by Crippen LogP contribution is -2.43. The molecular weight excluding hydrogens is 296 g/mol. The molecular formula is C13H20N2O5S. The quantitative estimate of drug-likeness (QED) is 0.503. The van der Waals surface area contributed by atoms with Crippen molar-refractivity contribution in [2.24, 2.45) is 5.73 Å². The zero-order chi connectivity index (χ0) is 16.0. The second-order valence-corrected chi connectivity index (χ2v) is 7.13. The number of sulfone groups is 1. The van der Waals surface area contributed by atoms with Gasteiger partial charge in [0.25, 0.3) is 0 Å². The second kappa shape index (κ2) is 7.28. The first-order chi connectivity index (χ1) is 9.75. The van der Waals surface area contributed by atoms with Gasteiger partial charge in [-0.05, 0) is 24.1 Å². The van der Waals surface area contributed by atoms with E-state index in [1.54, 1.807) is 13.0 Å². The van der Waals surface area contributed by atoms with E-state index in [0.29, 0.717) is 5.56 Å². The maximum absolute atomic E-state index is 11.7. The van der Waals surface area contributed by atoms with Gasteiger partial charge < -0.3 is 21.3 Å². The fourth-order valence-corrected chi connectivity index (χ4v) is 2.35. The molecule has 0 aliphatic heterocycles. The van der Waals surface area contributed by atoms with Crippen LogP contribution in [-0.2, 0) is 21.1 Å². The number of rotatable bonds is 7. The molecule has 1 aromatic rings. The van der Waals surface area contributed by atoms with E-state index in [0.717, 1.165) is 0 Å². The Kier molecular flexibility index (Phi) is 5.98. The van der Waals surface area contributed by atoms with E-state index in [4.69, 9.17) is 5.73 Å². The molecule has 0 bridgehead atoms. The average molecular weight is 316 g/mol.